The number of benzene rings is 2. The second kappa shape index (κ2) is 9.80. The second-order valence-electron chi connectivity index (χ2n) is 12.1. The summed E-state index contributed by atoms with van der Waals surface area (Å²) in [5.41, 5.74) is -1.37. The first-order chi connectivity index (χ1) is 20.3. The van der Waals surface area contributed by atoms with Crippen molar-refractivity contribution in [3.63, 3.8) is 0 Å². The molecule has 2 aromatic carbocycles. The fourth-order valence-corrected chi connectivity index (χ4v) is 7.04. The Morgan fingerprint density at radius 2 is 1.44 bits per heavy atom. The number of aromatic hydroxyl groups is 2. The number of rotatable bonds is 4. The van der Waals surface area contributed by atoms with E-state index in [0.717, 1.165) is 0 Å². The number of phenols is 2. The standard InChI is InChI=1S/C32H34O11/c1-13-9-18-24(16(33)12-31(3,42-18)30-20(40-6)11-21(34)41-30)27(36)22(13)23-14(2)10-19-25(28(23)37)26(35)15-7-8-17(39-5)29(38)32(15,4)43-19/h7,9-10,17,20,29-30,36-38H,8,11-12H2,1-6H3/t17-,20-,29-,30-,31+,32+/m0/s1. The van der Waals surface area contributed by atoms with E-state index in [1.807, 2.05) is 0 Å². The van der Waals surface area contributed by atoms with Crippen molar-refractivity contribution in [2.45, 2.75) is 82.6 Å². The van der Waals surface area contributed by atoms with Crippen LogP contribution >= 0.6 is 0 Å². The van der Waals surface area contributed by atoms with E-state index in [0.29, 0.717) is 11.1 Å². The molecular weight excluding hydrogens is 560 g/mol. The van der Waals surface area contributed by atoms with Gasteiger partial charge in [0.15, 0.2) is 28.9 Å². The average molecular weight is 595 g/mol. The number of esters is 1. The van der Waals surface area contributed by atoms with Crippen LogP contribution in [0, 0.1) is 13.8 Å². The van der Waals surface area contributed by atoms with Crippen molar-refractivity contribution < 1.29 is 53.4 Å². The molecule has 6 rings (SSSR count). The number of carbonyl (C=O) groups is 3. The number of carbonyl (C=O) groups excluding carboxylic acids is 3. The molecule has 0 aromatic heterocycles. The molecule has 6 atom stereocenters. The molecule has 0 bridgehead atoms. The van der Waals surface area contributed by atoms with Crippen LogP contribution in [0.4, 0.5) is 0 Å². The number of aliphatic hydroxyl groups is 1. The molecule has 4 aliphatic rings. The summed E-state index contributed by atoms with van der Waals surface area (Å²) in [4.78, 5) is 39.4. The van der Waals surface area contributed by atoms with Gasteiger partial charge in [0.25, 0.3) is 0 Å². The van der Waals surface area contributed by atoms with Crippen molar-refractivity contribution in [2.24, 2.45) is 0 Å². The lowest BCUT2D eigenvalue weighted by Crippen LogP contribution is -2.58. The van der Waals surface area contributed by atoms with Gasteiger partial charge in [-0.2, -0.15) is 0 Å². The van der Waals surface area contributed by atoms with Gasteiger partial charge in [0.2, 0.25) is 0 Å². The lowest BCUT2D eigenvalue weighted by atomic mass is 9.74. The summed E-state index contributed by atoms with van der Waals surface area (Å²) in [6.07, 6.45) is -1.38. The number of ether oxygens (including phenoxy) is 5. The predicted molar refractivity (Wildman–Crippen MR) is 151 cm³/mol. The van der Waals surface area contributed by atoms with Crippen molar-refractivity contribution >= 4 is 17.5 Å². The van der Waals surface area contributed by atoms with Gasteiger partial charge in [-0.1, -0.05) is 6.08 Å². The first-order valence-corrected chi connectivity index (χ1v) is 14.1. The number of ketones is 2. The normalized spacial score (nSPS) is 31.3. The molecule has 43 heavy (non-hydrogen) atoms. The van der Waals surface area contributed by atoms with Crippen LogP contribution in [0.15, 0.2) is 23.8 Å². The van der Waals surface area contributed by atoms with Gasteiger partial charge >= 0.3 is 5.97 Å². The van der Waals surface area contributed by atoms with Gasteiger partial charge in [-0.05, 0) is 57.4 Å². The van der Waals surface area contributed by atoms with E-state index in [2.05, 4.69) is 0 Å². The third kappa shape index (κ3) is 4.09. The summed E-state index contributed by atoms with van der Waals surface area (Å²) in [5.74, 6) is -2.04. The molecule has 3 N–H and O–H groups in total. The van der Waals surface area contributed by atoms with Crippen molar-refractivity contribution in [1.29, 1.82) is 0 Å². The molecule has 11 heteroatoms. The summed E-state index contributed by atoms with van der Waals surface area (Å²) in [6.45, 7) is 6.63. The average Bonchev–Trinajstić information content (AvgIpc) is 3.32. The Morgan fingerprint density at radius 1 is 0.860 bits per heavy atom. The van der Waals surface area contributed by atoms with Crippen molar-refractivity contribution in [1.82, 2.24) is 0 Å². The molecular formula is C32H34O11. The molecule has 0 amide bonds. The first-order valence-electron chi connectivity index (χ1n) is 14.1. The molecule has 1 fully saturated rings. The third-order valence-corrected chi connectivity index (χ3v) is 9.28. The molecule has 1 saturated heterocycles. The Hall–Kier alpha value is -3.93. The Labute approximate surface area is 248 Å². The summed E-state index contributed by atoms with van der Waals surface area (Å²) in [5, 5.41) is 34.1. The van der Waals surface area contributed by atoms with Gasteiger partial charge in [-0.15, -0.1) is 0 Å². The maximum Gasteiger partial charge on any atom is 0.309 e. The smallest absolute Gasteiger partial charge is 0.309 e. The number of aliphatic hydroxyl groups excluding tert-OH is 1. The van der Waals surface area contributed by atoms with Crippen LogP contribution in [0.1, 0.15) is 65.0 Å². The lowest BCUT2D eigenvalue weighted by molar-refractivity contribution is -0.153. The highest BCUT2D eigenvalue weighted by atomic mass is 16.6. The molecule has 0 radical (unpaired) electrons. The van der Waals surface area contributed by atoms with Crippen LogP contribution in [0.2, 0.25) is 0 Å². The van der Waals surface area contributed by atoms with Crippen LogP contribution in [-0.4, -0.2) is 82.7 Å². The van der Waals surface area contributed by atoms with E-state index >= 15 is 0 Å². The number of phenolic OH excluding ortho intramolecular Hbond substituents is 2. The van der Waals surface area contributed by atoms with Gasteiger partial charge < -0.3 is 39.0 Å². The minimum Gasteiger partial charge on any atom is -0.506 e. The van der Waals surface area contributed by atoms with Crippen molar-refractivity contribution in [2.75, 3.05) is 14.2 Å². The first kappa shape index (κ1) is 29.2. The van der Waals surface area contributed by atoms with Crippen molar-refractivity contribution in [3.8, 4) is 34.1 Å². The maximum atomic E-state index is 13.8. The van der Waals surface area contributed by atoms with Gasteiger partial charge in [0, 0.05) is 30.9 Å². The summed E-state index contributed by atoms with van der Waals surface area (Å²) >= 11 is 0. The Morgan fingerprint density at radius 3 is 2.05 bits per heavy atom. The zero-order chi connectivity index (χ0) is 31.2. The Balaban J connectivity index is 1.45. The second-order valence-corrected chi connectivity index (χ2v) is 12.1. The number of Topliss-reactive ketones (excluding diaryl/α,β-unsaturated/α-hetero) is 2. The van der Waals surface area contributed by atoms with Crippen LogP contribution in [-0.2, 0) is 19.0 Å². The summed E-state index contributed by atoms with van der Waals surface area (Å²) in [7, 11) is 2.93. The van der Waals surface area contributed by atoms with E-state index in [9.17, 15) is 29.7 Å². The molecule has 0 spiro atoms. The summed E-state index contributed by atoms with van der Waals surface area (Å²) in [6, 6.07) is 3.15. The van der Waals surface area contributed by atoms with E-state index in [4.69, 9.17) is 23.7 Å². The van der Waals surface area contributed by atoms with Gasteiger partial charge in [0.1, 0.15) is 46.3 Å². The highest BCUT2D eigenvalue weighted by Gasteiger charge is 2.55. The lowest BCUT2D eigenvalue weighted by Gasteiger charge is -2.45. The molecule has 0 unspecified atom stereocenters. The largest absolute Gasteiger partial charge is 0.506 e. The zero-order valence-corrected chi connectivity index (χ0v) is 24.8. The highest BCUT2D eigenvalue weighted by molar-refractivity contribution is 6.16. The Kier molecular flexibility index (Phi) is 6.64. The number of cyclic esters (lactones) is 1. The van der Waals surface area contributed by atoms with Crippen LogP contribution < -0.4 is 9.47 Å². The number of hydrogen-bond donors (Lipinski definition) is 3. The van der Waals surface area contributed by atoms with Crippen LogP contribution in [0.25, 0.3) is 11.1 Å². The number of aryl methyl sites for hydroxylation is 2. The molecule has 11 nitrogen and oxygen atoms in total. The topological polar surface area (TPSA) is 158 Å². The Bertz CT molecular complexity index is 1620. The monoisotopic (exact) mass is 594 g/mol. The van der Waals surface area contributed by atoms with E-state index in [-0.39, 0.29) is 58.6 Å². The fraction of sp³-hybridized carbons (Fsp3) is 0.469. The molecule has 0 saturated carbocycles. The van der Waals surface area contributed by atoms with E-state index in [1.165, 1.54) is 14.2 Å². The number of methoxy groups -OCH3 is 2. The van der Waals surface area contributed by atoms with Crippen LogP contribution in [0.3, 0.4) is 0 Å². The molecule has 1 aliphatic carbocycles. The fourth-order valence-electron chi connectivity index (χ4n) is 7.04. The minimum absolute atomic E-state index is 0.0334. The zero-order valence-electron chi connectivity index (χ0n) is 24.8. The molecule has 3 aliphatic heterocycles. The van der Waals surface area contributed by atoms with E-state index in [1.54, 1.807) is 45.9 Å². The number of fused-ring (bicyclic) bond motifs is 3. The third-order valence-electron chi connectivity index (χ3n) is 9.28. The minimum atomic E-state index is -1.39. The molecule has 2 aromatic rings. The SMILES string of the molecule is CO[C@H]1CC(=O)O[C@@H]1[C@@]1(C)CC(=O)c2c(cc(C)c(-c3c(C)cc4c(c3O)C(=O)C3=CC[C@H](OC)[C@H](O)[C@]3(C)O4)c2O)O1. The van der Waals surface area contributed by atoms with Gasteiger partial charge in [-0.3, -0.25) is 14.4 Å². The molecule has 228 valence electrons. The number of hydrogen-bond acceptors (Lipinski definition) is 11. The van der Waals surface area contributed by atoms with Crippen molar-refractivity contribution in [3.05, 3.63) is 46.0 Å². The van der Waals surface area contributed by atoms with E-state index < -0.39 is 64.7 Å². The predicted octanol–water partition coefficient (Wildman–Crippen LogP) is 3.48. The van der Waals surface area contributed by atoms with Crippen LogP contribution in [0.5, 0.6) is 23.0 Å². The quantitative estimate of drug-likeness (QED) is 0.445. The highest BCUT2D eigenvalue weighted by Crippen LogP contribution is 2.53. The summed E-state index contributed by atoms with van der Waals surface area (Å²) < 4.78 is 28.7. The maximum absolute atomic E-state index is 13.8. The van der Waals surface area contributed by atoms with Gasteiger partial charge in [0.05, 0.1) is 18.9 Å². The molecule has 3 heterocycles. The van der Waals surface area contributed by atoms with Gasteiger partial charge in [-0.25, -0.2) is 0 Å².